The molecule has 1 fully saturated rings. The summed E-state index contributed by atoms with van der Waals surface area (Å²) in [5, 5.41) is 3.28. The Labute approximate surface area is 159 Å². The third-order valence-electron chi connectivity index (χ3n) is 4.82. The van der Waals surface area contributed by atoms with E-state index in [2.05, 4.69) is 27.1 Å². The lowest BCUT2D eigenvalue weighted by molar-refractivity contribution is -0.114. The van der Waals surface area contributed by atoms with Gasteiger partial charge in [0, 0.05) is 44.5 Å². The molecule has 2 atom stereocenters. The largest absolute Gasteiger partial charge is 0.484 e. The number of aromatic nitrogens is 2. The van der Waals surface area contributed by atoms with Crippen LogP contribution in [0, 0.1) is 5.95 Å². The Balaban J connectivity index is 1.49. The number of halogens is 2. The molecule has 4 rings (SSSR count). The van der Waals surface area contributed by atoms with E-state index in [1.165, 1.54) is 18.3 Å². The molecule has 2 aromatic rings. The van der Waals surface area contributed by atoms with Crippen LogP contribution in [0.1, 0.15) is 30.7 Å². The molecule has 2 aliphatic rings. The molecule has 1 amide bonds. The number of nitrogens with one attached hydrogen (secondary N) is 1. The van der Waals surface area contributed by atoms with Crippen LogP contribution in [0.3, 0.4) is 0 Å². The third-order valence-corrected chi connectivity index (χ3v) is 5.95. The number of rotatable bonds is 3. The van der Waals surface area contributed by atoms with Crippen molar-refractivity contribution in [2.45, 2.75) is 44.9 Å². The maximum atomic E-state index is 14.1. The Kier molecular flexibility index (Phi) is 4.37. The number of ether oxygens (including phenoxy) is 1. The number of nitrogens with zero attached hydrogens (tertiary/aromatic N) is 3. The van der Waals surface area contributed by atoms with E-state index in [4.69, 9.17) is 16.3 Å². The lowest BCUT2D eigenvalue weighted by Gasteiger charge is -2.23. The zero-order chi connectivity index (χ0) is 18.5. The van der Waals surface area contributed by atoms with Crippen LogP contribution < -0.4 is 10.1 Å². The molecule has 0 bridgehead atoms. The predicted molar refractivity (Wildman–Crippen MR) is 97.2 cm³/mol. The smallest absolute Gasteiger partial charge is 0.230 e. The van der Waals surface area contributed by atoms with E-state index in [1.54, 1.807) is 6.20 Å². The summed E-state index contributed by atoms with van der Waals surface area (Å²) in [4.78, 5) is 21.7. The van der Waals surface area contributed by atoms with Gasteiger partial charge in [0.15, 0.2) is 5.13 Å². The van der Waals surface area contributed by atoms with Crippen molar-refractivity contribution in [1.29, 1.82) is 0 Å². The fourth-order valence-electron chi connectivity index (χ4n) is 3.79. The molecule has 9 heteroatoms. The molecule has 0 aliphatic carbocycles. The van der Waals surface area contributed by atoms with Crippen LogP contribution in [-0.4, -0.2) is 39.0 Å². The first kappa shape index (κ1) is 17.6. The van der Waals surface area contributed by atoms with Crippen LogP contribution in [0.2, 0.25) is 5.15 Å². The van der Waals surface area contributed by atoms with Gasteiger partial charge in [-0.2, -0.15) is 9.37 Å². The van der Waals surface area contributed by atoms with E-state index in [0.29, 0.717) is 23.1 Å². The first-order valence-electron chi connectivity index (χ1n) is 8.34. The number of likely N-dealkylation sites (tertiary alicyclic amines) is 1. The molecule has 2 aliphatic heterocycles. The van der Waals surface area contributed by atoms with Crippen molar-refractivity contribution >= 4 is 34.0 Å². The topological polar surface area (TPSA) is 67.4 Å². The Hall–Kier alpha value is -1.77. The van der Waals surface area contributed by atoms with Gasteiger partial charge >= 0.3 is 0 Å². The number of thiazole rings is 1. The first-order valence-corrected chi connectivity index (χ1v) is 9.53. The van der Waals surface area contributed by atoms with E-state index >= 15 is 0 Å². The second-order valence-electron chi connectivity index (χ2n) is 6.95. The van der Waals surface area contributed by atoms with Crippen LogP contribution in [0.25, 0.3) is 0 Å². The number of pyridine rings is 1. The molecule has 2 aromatic heterocycles. The van der Waals surface area contributed by atoms with E-state index < -0.39 is 5.95 Å². The van der Waals surface area contributed by atoms with Crippen molar-refractivity contribution in [2.75, 3.05) is 11.9 Å². The average Bonchev–Trinajstić information content (AvgIpc) is 3.15. The minimum Gasteiger partial charge on any atom is -0.484 e. The summed E-state index contributed by atoms with van der Waals surface area (Å²) in [5.74, 6) is -0.0120. The number of hydrogen-bond acceptors (Lipinski definition) is 6. The molecule has 0 unspecified atom stereocenters. The Morgan fingerprint density at radius 2 is 2.42 bits per heavy atom. The van der Waals surface area contributed by atoms with E-state index in [-0.39, 0.29) is 22.7 Å². The minimum absolute atomic E-state index is 0.235. The highest BCUT2D eigenvalue weighted by Gasteiger charge is 2.48. The van der Waals surface area contributed by atoms with Crippen LogP contribution in [0.15, 0.2) is 12.3 Å². The molecule has 4 heterocycles. The maximum Gasteiger partial charge on any atom is 0.230 e. The Bertz CT molecular complexity index is 876. The minimum atomic E-state index is -0.529. The summed E-state index contributed by atoms with van der Waals surface area (Å²) in [6.07, 6.45) is 3.29. The van der Waals surface area contributed by atoms with E-state index in [1.807, 2.05) is 6.07 Å². The highest BCUT2D eigenvalue weighted by Crippen LogP contribution is 2.43. The summed E-state index contributed by atoms with van der Waals surface area (Å²) in [6.45, 7) is 4.61. The van der Waals surface area contributed by atoms with Crippen LogP contribution in [0.5, 0.6) is 5.75 Å². The molecule has 1 saturated heterocycles. The number of carbonyl (C=O) groups is 1. The molecular formula is C17H18ClFN4O2S. The molecule has 0 radical (unpaired) electrons. The Morgan fingerprint density at radius 3 is 3.19 bits per heavy atom. The quantitative estimate of drug-likeness (QED) is 0.806. The number of hydrogen-bond donors (Lipinski definition) is 1. The van der Waals surface area contributed by atoms with Gasteiger partial charge in [-0.1, -0.05) is 22.9 Å². The summed E-state index contributed by atoms with van der Waals surface area (Å²) in [5.41, 5.74) is 0.742. The highest BCUT2D eigenvalue weighted by molar-refractivity contribution is 7.15. The summed E-state index contributed by atoms with van der Waals surface area (Å²) >= 11 is 7.15. The molecule has 138 valence electrons. The summed E-state index contributed by atoms with van der Waals surface area (Å²) in [7, 11) is 0. The predicted octanol–water partition coefficient (Wildman–Crippen LogP) is 3.26. The SMILES string of the molecule is CC(=O)Nc1nc(F)c(CN2C[C@@]3(Cc4cc(Cl)ncc4O3)C[C@@H]2C)s1. The van der Waals surface area contributed by atoms with Gasteiger partial charge in [0.1, 0.15) is 16.5 Å². The number of fused-ring (bicyclic) bond motifs is 1. The number of amides is 1. The van der Waals surface area contributed by atoms with Crippen molar-refractivity contribution in [3.8, 4) is 5.75 Å². The van der Waals surface area contributed by atoms with Gasteiger partial charge in [-0.05, 0) is 13.0 Å². The van der Waals surface area contributed by atoms with E-state index in [0.717, 1.165) is 24.2 Å². The molecule has 26 heavy (non-hydrogen) atoms. The van der Waals surface area contributed by atoms with Crippen molar-refractivity contribution < 1.29 is 13.9 Å². The summed E-state index contributed by atoms with van der Waals surface area (Å²) in [6, 6.07) is 2.08. The maximum absolute atomic E-state index is 14.1. The molecule has 1 spiro atoms. The van der Waals surface area contributed by atoms with Crippen molar-refractivity contribution in [2.24, 2.45) is 0 Å². The average molecular weight is 397 g/mol. The molecule has 1 N–H and O–H groups in total. The van der Waals surface area contributed by atoms with Crippen molar-refractivity contribution in [3.05, 3.63) is 33.8 Å². The standard InChI is InChI=1S/C17H18ClFN4O2S/c1-9-4-17(5-11-3-14(18)20-6-12(11)25-17)8-23(9)7-13-15(19)22-16(26-13)21-10(2)24/h3,6,9H,4-5,7-8H2,1-2H3,(H,21,22,24)/t9-,17-/m0/s1. The lowest BCUT2D eigenvalue weighted by Crippen LogP contribution is -2.37. The summed E-state index contributed by atoms with van der Waals surface area (Å²) < 4.78 is 20.3. The third kappa shape index (κ3) is 3.28. The second kappa shape index (κ2) is 6.44. The fraction of sp³-hybridized carbons (Fsp3) is 0.471. The van der Waals surface area contributed by atoms with Gasteiger partial charge < -0.3 is 10.1 Å². The van der Waals surface area contributed by atoms with Crippen molar-refractivity contribution in [3.63, 3.8) is 0 Å². The lowest BCUT2D eigenvalue weighted by atomic mass is 9.95. The molecule has 0 aromatic carbocycles. The van der Waals surface area contributed by atoms with E-state index in [9.17, 15) is 9.18 Å². The molecule has 6 nitrogen and oxygen atoms in total. The second-order valence-corrected chi connectivity index (χ2v) is 8.42. The van der Waals surface area contributed by atoms with Crippen LogP contribution >= 0.6 is 22.9 Å². The number of anilines is 1. The monoisotopic (exact) mass is 396 g/mol. The van der Waals surface area contributed by atoms with Crippen molar-refractivity contribution in [1.82, 2.24) is 14.9 Å². The van der Waals surface area contributed by atoms with Crippen LogP contribution in [0.4, 0.5) is 9.52 Å². The number of carbonyl (C=O) groups excluding carboxylic acids is 1. The highest BCUT2D eigenvalue weighted by atomic mass is 35.5. The molecule has 0 saturated carbocycles. The first-order chi connectivity index (χ1) is 12.3. The van der Waals surface area contributed by atoms with Gasteiger partial charge in [-0.15, -0.1) is 0 Å². The van der Waals surface area contributed by atoms with Crippen LogP contribution in [-0.2, 0) is 17.8 Å². The van der Waals surface area contributed by atoms with Gasteiger partial charge in [-0.25, -0.2) is 4.98 Å². The van der Waals surface area contributed by atoms with Gasteiger partial charge in [-0.3, -0.25) is 9.69 Å². The zero-order valence-corrected chi connectivity index (χ0v) is 16.0. The fourth-order valence-corrected chi connectivity index (χ4v) is 4.89. The van der Waals surface area contributed by atoms with Gasteiger partial charge in [0.2, 0.25) is 11.9 Å². The Morgan fingerprint density at radius 1 is 1.62 bits per heavy atom. The molecular weight excluding hydrogens is 379 g/mol. The zero-order valence-electron chi connectivity index (χ0n) is 14.4. The van der Waals surface area contributed by atoms with Gasteiger partial charge in [0.05, 0.1) is 11.1 Å². The van der Waals surface area contributed by atoms with Gasteiger partial charge in [0.25, 0.3) is 0 Å². The normalized spacial score (nSPS) is 24.7.